The van der Waals surface area contributed by atoms with Gasteiger partial charge in [-0.3, -0.25) is 5.01 Å². The molecule has 1 atom stereocenters. The Morgan fingerprint density at radius 2 is 1.45 bits per heavy atom. The first kappa shape index (κ1) is 23.6. The lowest BCUT2D eigenvalue weighted by molar-refractivity contribution is 0.709. The molecule has 38 heavy (non-hydrogen) atoms. The van der Waals surface area contributed by atoms with Gasteiger partial charge in [0.1, 0.15) is 11.1 Å². The second-order valence-corrected chi connectivity index (χ2v) is 9.91. The van der Waals surface area contributed by atoms with Crippen molar-refractivity contribution in [3.8, 4) is 17.3 Å². The van der Waals surface area contributed by atoms with Crippen molar-refractivity contribution in [1.29, 1.82) is 5.26 Å². The molecule has 1 aliphatic heterocycles. The van der Waals surface area contributed by atoms with Gasteiger partial charge in [-0.25, -0.2) is 4.98 Å². The highest BCUT2D eigenvalue weighted by molar-refractivity contribution is 7.11. The molecular formula is C33H24N4S. The molecule has 0 saturated heterocycles. The van der Waals surface area contributed by atoms with Crippen LogP contribution in [0.15, 0.2) is 126 Å². The molecule has 6 rings (SSSR count). The van der Waals surface area contributed by atoms with Crippen LogP contribution in [0, 0.1) is 11.3 Å². The summed E-state index contributed by atoms with van der Waals surface area (Å²) in [5.74, 6) is 0. The average molecular weight is 509 g/mol. The molecule has 1 aromatic heterocycles. The number of aromatic nitrogens is 1. The van der Waals surface area contributed by atoms with Crippen molar-refractivity contribution in [2.24, 2.45) is 5.10 Å². The topological polar surface area (TPSA) is 52.3 Å². The summed E-state index contributed by atoms with van der Waals surface area (Å²) in [7, 11) is 0. The number of anilines is 1. The van der Waals surface area contributed by atoms with Crippen LogP contribution in [-0.4, -0.2) is 10.7 Å². The van der Waals surface area contributed by atoms with E-state index in [1.54, 1.807) is 0 Å². The van der Waals surface area contributed by atoms with Crippen LogP contribution in [0.4, 0.5) is 5.69 Å². The molecule has 0 N–H and O–H groups in total. The van der Waals surface area contributed by atoms with Gasteiger partial charge in [0.05, 0.1) is 28.7 Å². The molecule has 5 aromatic rings. The van der Waals surface area contributed by atoms with Crippen molar-refractivity contribution >= 4 is 34.4 Å². The summed E-state index contributed by atoms with van der Waals surface area (Å²) in [6.07, 6.45) is 2.73. The minimum atomic E-state index is 0.120. The van der Waals surface area contributed by atoms with Gasteiger partial charge >= 0.3 is 0 Å². The fraction of sp³-hybridized carbons (Fsp3) is 0.0606. The number of hydrazone groups is 1. The molecular weight excluding hydrogens is 484 g/mol. The number of benzene rings is 4. The molecule has 4 nitrogen and oxygen atoms in total. The minimum absolute atomic E-state index is 0.120. The Labute approximate surface area is 226 Å². The zero-order chi connectivity index (χ0) is 25.7. The molecule has 0 bridgehead atoms. The molecule has 0 fully saturated rings. The highest BCUT2D eigenvalue weighted by atomic mass is 32.1. The van der Waals surface area contributed by atoms with Crippen LogP contribution in [0.25, 0.3) is 22.9 Å². The van der Waals surface area contributed by atoms with Crippen LogP contribution >= 0.6 is 11.3 Å². The van der Waals surface area contributed by atoms with Gasteiger partial charge in [-0.15, -0.1) is 11.3 Å². The summed E-state index contributed by atoms with van der Waals surface area (Å²) in [5, 5.41) is 19.7. The summed E-state index contributed by atoms with van der Waals surface area (Å²) >= 11 is 1.49. The maximum absolute atomic E-state index is 9.87. The Morgan fingerprint density at radius 1 is 0.816 bits per heavy atom. The first-order chi connectivity index (χ1) is 18.8. The Bertz CT molecular complexity index is 1630. The van der Waals surface area contributed by atoms with Crippen LogP contribution in [-0.2, 0) is 0 Å². The number of thiazole rings is 1. The van der Waals surface area contributed by atoms with Crippen molar-refractivity contribution in [3.63, 3.8) is 0 Å². The maximum Gasteiger partial charge on any atom is 0.134 e. The van der Waals surface area contributed by atoms with Crippen LogP contribution in [0.3, 0.4) is 0 Å². The van der Waals surface area contributed by atoms with E-state index in [4.69, 9.17) is 10.1 Å². The third kappa shape index (κ3) is 4.90. The number of nitriles is 1. The molecule has 1 aliphatic rings. The highest BCUT2D eigenvalue weighted by Gasteiger charge is 2.29. The molecule has 0 spiro atoms. The summed E-state index contributed by atoms with van der Waals surface area (Å²) in [5.41, 5.74) is 7.90. The second kappa shape index (κ2) is 10.7. The number of hydrogen-bond donors (Lipinski definition) is 0. The van der Waals surface area contributed by atoms with E-state index in [0.29, 0.717) is 5.57 Å². The largest absolute Gasteiger partial charge is 0.257 e. The van der Waals surface area contributed by atoms with E-state index in [1.807, 2.05) is 66.1 Å². The van der Waals surface area contributed by atoms with E-state index in [-0.39, 0.29) is 6.04 Å². The van der Waals surface area contributed by atoms with E-state index in [1.165, 1.54) is 16.9 Å². The van der Waals surface area contributed by atoms with Gasteiger partial charge in [0.25, 0.3) is 0 Å². The van der Waals surface area contributed by atoms with Crippen molar-refractivity contribution in [1.82, 2.24) is 4.98 Å². The molecule has 1 unspecified atom stereocenters. The Hall–Kier alpha value is -4.79. The van der Waals surface area contributed by atoms with Gasteiger partial charge in [-0.05, 0) is 34.9 Å². The number of nitrogens with zero attached hydrogens (tertiary/aromatic N) is 4. The average Bonchev–Trinajstić information content (AvgIpc) is 3.66. The molecule has 182 valence electrons. The molecule has 0 radical (unpaired) electrons. The molecule has 0 aliphatic carbocycles. The quantitative estimate of drug-likeness (QED) is 0.217. The lowest BCUT2D eigenvalue weighted by Crippen LogP contribution is -2.18. The van der Waals surface area contributed by atoms with E-state index >= 15 is 0 Å². The zero-order valence-electron chi connectivity index (χ0n) is 20.6. The van der Waals surface area contributed by atoms with Crippen molar-refractivity contribution in [2.75, 3.05) is 5.01 Å². The van der Waals surface area contributed by atoms with Crippen LogP contribution in [0.1, 0.15) is 34.2 Å². The van der Waals surface area contributed by atoms with Gasteiger partial charge in [-0.2, -0.15) is 10.4 Å². The third-order valence-electron chi connectivity index (χ3n) is 6.59. The van der Waals surface area contributed by atoms with Gasteiger partial charge in [-0.1, -0.05) is 103 Å². The fourth-order valence-corrected chi connectivity index (χ4v) is 5.45. The summed E-state index contributed by atoms with van der Waals surface area (Å²) in [6, 6.07) is 41.6. The molecule has 0 saturated carbocycles. The van der Waals surface area contributed by atoms with Crippen molar-refractivity contribution < 1.29 is 0 Å². The molecule has 2 heterocycles. The molecule has 5 heteroatoms. The normalized spacial score (nSPS) is 15.2. The van der Waals surface area contributed by atoms with E-state index in [0.717, 1.165) is 45.2 Å². The summed E-state index contributed by atoms with van der Waals surface area (Å²) in [4.78, 5) is 4.71. The highest BCUT2D eigenvalue weighted by Crippen LogP contribution is 2.37. The fourth-order valence-electron chi connectivity index (χ4n) is 4.66. The van der Waals surface area contributed by atoms with E-state index in [2.05, 4.69) is 71.7 Å². The summed E-state index contributed by atoms with van der Waals surface area (Å²) < 4.78 is 0. The van der Waals surface area contributed by atoms with Crippen molar-refractivity contribution in [3.05, 3.63) is 142 Å². The van der Waals surface area contributed by atoms with E-state index in [9.17, 15) is 5.26 Å². The lowest BCUT2D eigenvalue weighted by Gasteiger charge is -2.24. The zero-order valence-corrected chi connectivity index (χ0v) is 21.4. The first-order valence-corrected chi connectivity index (χ1v) is 13.4. The Balaban J connectivity index is 1.29. The standard InChI is InChI=1S/C33H24N4S/c34-22-28(33-35-31(23-38-33)26-12-6-2-7-13-26)20-24-16-18-29(19-17-24)37-32(27-14-8-3-9-15-27)21-30(36-37)25-10-4-1-5-11-25/h1-20,23,32H,21H2. The van der Waals surface area contributed by atoms with Crippen LogP contribution in [0.2, 0.25) is 0 Å². The SMILES string of the molecule is N#CC(=Cc1ccc(N2N=C(c3ccccc3)CC2c2ccccc2)cc1)c1nc(-c2ccccc2)cs1. The molecule has 0 amide bonds. The minimum Gasteiger partial charge on any atom is -0.257 e. The Kier molecular flexibility index (Phi) is 6.63. The number of rotatable bonds is 6. The summed E-state index contributed by atoms with van der Waals surface area (Å²) in [6.45, 7) is 0. The van der Waals surface area contributed by atoms with Gasteiger partial charge < -0.3 is 0 Å². The number of allylic oxidation sites excluding steroid dienone is 1. The van der Waals surface area contributed by atoms with Crippen LogP contribution in [0.5, 0.6) is 0 Å². The monoisotopic (exact) mass is 508 g/mol. The Morgan fingerprint density at radius 3 is 2.11 bits per heavy atom. The number of hydrogen-bond acceptors (Lipinski definition) is 5. The van der Waals surface area contributed by atoms with Gasteiger partial charge in [0.2, 0.25) is 0 Å². The predicted molar refractivity (Wildman–Crippen MR) is 157 cm³/mol. The van der Waals surface area contributed by atoms with Crippen LogP contribution < -0.4 is 5.01 Å². The van der Waals surface area contributed by atoms with Crippen molar-refractivity contribution in [2.45, 2.75) is 12.5 Å². The van der Waals surface area contributed by atoms with Gasteiger partial charge in [0, 0.05) is 17.4 Å². The third-order valence-corrected chi connectivity index (χ3v) is 7.47. The molecule has 4 aromatic carbocycles. The van der Waals surface area contributed by atoms with Gasteiger partial charge in [0.15, 0.2) is 0 Å². The van der Waals surface area contributed by atoms with E-state index < -0.39 is 0 Å². The predicted octanol–water partition coefficient (Wildman–Crippen LogP) is 8.23. The maximum atomic E-state index is 9.87. The first-order valence-electron chi connectivity index (χ1n) is 12.5. The lowest BCUT2D eigenvalue weighted by atomic mass is 9.98. The second-order valence-electron chi connectivity index (χ2n) is 9.05. The smallest absolute Gasteiger partial charge is 0.134 e.